The number of halogens is 1. The Hall–Kier alpha value is -0.900. The summed E-state index contributed by atoms with van der Waals surface area (Å²) in [7, 11) is 0. The van der Waals surface area contributed by atoms with E-state index in [1.807, 2.05) is 0 Å². The van der Waals surface area contributed by atoms with Crippen LogP contribution in [0, 0.1) is 0 Å². The maximum absolute atomic E-state index is 10.1. The molecule has 0 amide bonds. The third-order valence-electron chi connectivity index (χ3n) is 0.955. The summed E-state index contributed by atoms with van der Waals surface area (Å²) in [5.74, 6) is 0.288. The van der Waals surface area contributed by atoms with E-state index in [1.165, 1.54) is 6.07 Å². The number of furan rings is 1. The van der Waals surface area contributed by atoms with Gasteiger partial charge in [0.1, 0.15) is 0 Å². The van der Waals surface area contributed by atoms with Crippen LogP contribution >= 0.6 is 15.9 Å². The van der Waals surface area contributed by atoms with Crippen LogP contribution in [0.5, 0.6) is 0 Å². The van der Waals surface area contributed by atoms with Gasteiger partial charge in [-0.25, -0.2) is 0 Å². The number of aldehydes is 2. The highest BCUT2D eigenvalue weighted by Gasteiger charge is 2.05. The molecule has 0 saturated carbocycles. The summed E-state index contributed by atoms with van der Waals surface area (Å²) in [4.78, 5) is 20.2. The molecule has 1 rings (SSSR count). The summed E-state index contributed by atoms with van der Waals surface area (Å²) < 4.78 is 5.23. The number of hydrogen-bond donors (Lipinski definition) is 0. The minimum Gasteiger partial charge on any atom is -0.449 e. The second-order valence-corrected chi connectivity index (χ2v) is 2.45. The van der Waals surface area contributed by atoms with Gasteiger partial charge in [-0.2, -0.15) is 0 Å². The zero-order valence-corrected chi connectivity index (χ0v) is 6.42. The minimum atomic E-state index is 0.141. The molecule has 3 nitrogen and oxygen atoms in total. The van der Waals surface area contributed by atoms with Crippen LogP contribution in [-0.2, 0) is 0 Å². The normalized spacial score (nSPS) is 9.30. The zero-order valence-electron chi connectivity index (χ0n) is 4.83. The van der Waals surface area contributed by atoms with E-state index in [1.54, 1.807) is 0 Å². The Morgan fingerprint density at radius 1 is 1.40 bits per heavy atom. The van der Waals surface area contributed by atoms with Gasteiger partial charge in [-0.15, -0.1) is 0 Å². The van der Waals surface area contributed by atoms with Gasteiger partial charge < -0.3 is 4.42 Å². The van der Waals surface area contributed by atoms with Crippen molar-refractivity contribution in [3.8, 4) is 0 Å². The Balaban J connectivity index is 3.15. The maximum atomic E-state index is 10.1. The first-order valence-electron chi connectivity index (χ1n) is 2.47. The maximum Gasteiger partial charge on any atom is 0.186 e. The highest BCUT2D eigenvalue weighted by Crippen LogP contribution is 2.18. The van der Waals surface area contributed by atoms with Gasteiger partial charge in [0.25, 0.3) is 0 Å². The summed E-state index contributed by atoms with van der Waals surface area (Å²) in [6, 6.07) is 1.44. The molecule has 0 N–H and O–H groups in total. The van der Waals surface area contributed by atoms with Crippen molar-refractivity contribution in [2.45, 2.75) is 0 Å². The molecule has 0 aliphatic carbocycles. The van der Waals surface area contributed by atoms with E-state index >= 15 is 0 Å². The molecule has 1 heterocycles. The molecule has 0 aromatic carbocycles. The lowest BCUT2D eigenvalue weighted by atomic mass is 10.4. The largest absolute Gasteiger partial charge is 0.449 e. The standard InChI is InChI=1S/C6H3BrO3/c7-5-1-4(2-8)10-6(5)3-9/h1-3H. The summed E-state index contributed by atoms with van der Waals surface area (Å²) in [5.41, 5.74) is 0. The van der Waals surface area contributed by atoms with E-state index in [4.69, 9.17) is 4.42 Å². The van der Waals surface area contributed by atoms with Crippen molar-refractivity contribution in [1.82, 2.24) is 0 Å². The third-order valence-corrected chi connectivity index (χ3v) is 1.58. The number of hydrogen-bond acceptors (Lipinski definition) is 3. The molecule has 10 heavy (non-hydrogen) atoms. The minimum absolute atomic E-state index is 0.141. The first-order chi connectivity index (χ1) is 4.77. The molecule has 1 aromatic rings. The Bertz CT molecular complexity index is 264. The smallest absolute Gasteiger partial charge is 0.186 e. The molecular weight excluding hydrogens is 200 g/mol. The Kier molecular flexibility index (Phi) is 2.01. The molecule has 0 saturated heterocycles. The van der Waals surface area contributed by atoms with Gasteiger partial charge in [0.05, 0.1) is 4.47 Å². The molecule has 0 aliphatic rings. The molecule has 4 heteroatoms. The van der Waals surface area contributed by atoms with E-state index < -0.39 is 0 Å². The van der Waals surface area contributed by atoms with Gasteiger partial charge in [0.15, 0.2) is 24.1 Å². The second-order valence-electron chi connectivity index (χ2n) is 1.60. The van der Waals surface area contributed by atoms with Crippen LogP contribution in [0.25, 0.3) is 0 Å². The summed E-state index contributed by atoms with van der Waals surface area (Å²) in [5, 5.41) is 0. The lowest BCUT2D eigenvalue weighted by Crippen LogP contribution is -1.72. The first-order valence-corrected chi connectivity index (χ1v) is 3.27. The predicted molar refractivity (Wildman–Crippen MR) is 37.2 cm³/mol. The highest BCUT2D eigenvalue weighted by molar-refractivity contribution is 9.10. The van der Waals surface area contributed by atoms with E-state index in [0.717, 1.165) is 0 Å². The first kappa shape index (κ1) is 7.21. The van der Waals surface area contributed by atoms with Crippen molar-refractivity contribution in [2.75, 3.05) is 0 Å². The van der Waals surface area contributed by atoms with Gasteiger partial charge in [0, 0.05) is 6.07 Å². The molecule has 0 bridgehead atoms. The van der Waals surface area contributed by atoms with Crippen LogP contribution in [0.4, 0.5) is 0 Å². The fraction of sp³-hybridized carbons (Fsp3) is 0. The summed E-state index contributed by atoms with van der Waals surface area (Å²) >= 11 is 3.03. The summed E-state index contributed by atoms with van der Waals surface area (Å²) in [6.07, 6.45) is 1.08. The highest BCUT2D eigenvalue weighted by atomic mass is 79.9. The average Bonchev–Trinajstić information content (AvgIpc) is 2.30. The van der Waals surface area contributed by atoms with Crippen molar-refractivity contribution < 1.29 is 14.0 Å². The average molecular weight is 203 g/mol. The van der Waals surface area contributed by atoms with Crippen LogP contribution in [-0.4, -0.2) is 12.6 Å². The van der Waals surface area contributed by atoms with Crippen LogP contribution in [0.3, 0.4) is 0 Å². The molecular formula is C6H3BrO3. The van der Waals surface area contributed by atoms with Crippen molar-refractivity contribution in [2.24, 2.45) is 0 Å². The second kappa shape index (κ2) is 2.79. The molecule has 1 aromatic heterocycles. The van der Waals surface area contributed by atoms with Crippen molar-refractivity contribution in [1.29, 1.82) is 0 Å². The molecule has 0 aliphatic heterocycles. The zero-order chi connectivity index (χ0) is 7.56. The van der Waals surface area contributed by atoms with Gasteiger partial charge in [-0.3, -0.25) is 9.59 Å². The van der Waals surface area contributed by atoms with Crippen LogP contribution in [0.2, 0.25) is 0 Å². The van der Waals surface area contributed by atoms with Crippen LogP contribution < -0.4 is 0 Å². The summed E-state index contributed by atoms with van der Waals surface area (Å²) in [6.45, 7) is 0. The fourth-order valence-electron chi connectivity index (χ4n) is 0.540. The van der Waals surface area contributed by atoms with E-state index in [0.29, 0.717) is 17.0 Å². The topological polar surface area (TPSA) is 47.3 Å². The van der Waals surface area contributed by atoms with E-state index in [9.17, 15) is 9.59 Å². The predicted octanol–water partition coefficient (Wildman–Crippen LogP) is 1.67. The van der Waals surface area contributed by atoms with Crippen molar-refractivity contribution in [3.05, 3.63) is 22.1 Å². The van der Waals surface area contributed by atoms with E-state index in [2.05, 4.69) is 15.9 Å². The van der Waals surface area contributed by atoms with Gasteiger partial charge >= 0.3 is 0 Å². The SMILES string of the molecule is O=Cc1cc(Br)c(C=O)o1. The number of carbonyl (C=O) groups excluding carboxylic acids is 2. The van der Waals surface area contributed by atoms with Crippen molar-refractivity contribution >= 4 is 28.5 Å². The Morgan fingerprint density at radius 2 is 2.10 bits per heavy atom. The molecule has 0 fully saturated rings. The van der Waals surface area contributed by atoms with Gasteiger partial charge in [0.2, 0.25) is 0 Å². The monoisotopic (exact) mass is 202 g/mol. The molecule has 0 atom stereocenters. The Morgan fingerprint density at radius 3 is 2.40 bits per heavy atom. The Labute approximate surface area is 65.1 Å². The molecule has 52 valence electrons. The van der Waals surface area contributed by atoms with Crippen LogP contribution in [0.1, 0.15) is 21.1 Å². The molecule has 0 unspecified atom stereocenters. The number of rotatable bonds is 2. The van der Waals surface area contributed by atoms with E-state index in [-0.39, 0.29) is 11.5 Å². The quantitative estimate of drug-likeness (QED) is 0.686. The fourth-order valence-corrected chi connectivity index (χ4v) is 0.940. The van der Waals surface area contributed by atoms with Crippen molar-refractivity contribution in [3.63, 3.8) is 0 Å². The third kappa shape index (κ3) is 1.16. The lowest BCUT2D eigenvalue weighted by molar-refractivity contribution is 0.108. The van der Waals surface area contributed by atoms with Crippen LogP contribution in [0.15, 0.2) is 15.0 Å². The van der Waals surface area contributed by atoms with Gasteiger partial charge in [-0.05, 0) is 15.9 Å². The molecule has 0 radical (unpaired) electrons. The molecule has 0 spiro atoms. The lowest BCUT2D eigenvalue weighted by Gasteiger charge is -1.77. The number of carbonyl (C=O) groups is 2. The van der Waals surface area contributed by atoms with Gasteiger partial charge in [-0.1, -0.05) is 0 Å².